The maximum absolute atomic E-state index is 6.59. The largest absolute Gasteiger partial charge is 0.495 e. The molecular weight excluding hydrogens is 250 g/mol. The molecule has 110 valence electrons. The molecule has 2 heterocycles. The molecule has 0 amide bonds. The number of piperidine rings is 1. The second-order valence-corrected chi connectivity index (χ2v) is 6.56. The maximum Gasteiger partial charge on any atom is 0.137 e. The van der Waals surface area contributed by atoms with E-state index in [0.29, 0.717) is 6.04 Å². The van der Waals surface area contributed by atoms with Crippen LogP contribution in [0.15, 0.2) is 12.3 Å². The van der Waals surface area contributed by atoms with Crippen LogP contribution in [-0.2, 0) is 6.42 Å². The van der Waals surface area contributed by atoms with Gasteiger partial charge in [0, 0.05) is 17.8 Å². The van der Waals surface area contributed by atoms with Crippen LogP contribution in [0.5, 0.6) is 5.75 Å². The second kappa shape index (κ2) is 5.01. The topological polar surface area (TPSA) is 51.4 Å². The standard InChI is InChI=1S/C16H25N3O/c1-11(2)19-6-4-16(5-7-19)9-14-13(15(16)17)8-12(20-3)10-18-14/h8,10-11,15H,4-7,9,17H2,1-3H3/t15-/m1/s1. The van der Waals surface area contributed by atoms with Crippen LogP contribution in [0.4, 0.5) is 0 Å². The van der Waals surface area contributed by atoms with E-state index in [1.807, 2.05) is 6.20 Å². The third-order valence-electron chi connectivity index (χ3n) is 5.25. The zero-order valence-corrected chi connectivity index (χ0v) is 12.7. The minimum Gasteiger partial charge on any atom is -0.495 e. The van der Waals surface area contributed by atoms with Crippen molar-refractivity contribution in [2.75, 3.05) is 20.2 Å². The summed E-state index contributed by atoms with van der Waals surface area (Å²) in [6.07, 6.45) is 5.18. The van der Waals surface area contributed by atoms with Gasteiger partial charge in [-0.15, -0.1) is 0 Å². The Labute approximate surface area is 121 Å². The molecule has 1 aliphatic carbocycles. The number of nitrogens with two attached hydrogens (primary N) is 1. The van der Waals surface area contributed by atoms with Crippen molar-refractivity contribution in [1.82, 2.24) is 9.88 Å². The second-order valence-electron chi connectivity index (χ2n) is 6.56. The molecule has 1 saturated heterocycles. The van der Waals surface area contributed by atoms with Gasteiger partial charge in [-0.05, 0) is 63.2 Å². The Morgan fingerprint density at radius 1 is 1.40 bits per heavy atom. The van der Waals surface area contributed by atoms with Gasteiger partial charge in [0.1, 0.15) is 5.75 Å². The fourth-order valence-electron chi connectivity index (χ4n) is 3.77. The van der Waals surface area contributed by atoms with E-state index in [0.717, 1.165) is 25.3 Å². The van der Waals surface area contributed by atoms with E-state index >= 15 is 0 Å². The molecule has 20 heavy (non-hydrogen) atoms. The van der Waals surface area contributed by atoms with E-state index in [1.165, 1.54) is 24.1 Å². The van der Waals surface area contributed by atoms with Gasteiger partial charge in [0.2, 0.25) is 0 Å². The van der Waals surface area contributed by atoms with Crippen LogP contribution < -0.4 is 10.5 Å². The Kier molecular flexibility index (Phi) is 3.46. The first-order valence-corrected chi connectivity index (χ1v) is 7.58. The molecule has 0 bridgehead atoms. The average Bonchev–Trinajstić information content (AvgIpc) is 2.72. The number of nitrogens with zero attached hydrogens (tertiary/aromatic N) is 2. The van der Waals surface area contributed by atoms with Gasteiger partial charge in [-0.2, -0.15) is 0 Å². The van der Waals surface area contributed by atoms with Crippen LogP contribution in [0.1, 0.15) is 44.0 Å². The first-order valence-electron chi connectivity index (χ1n) is 7.58. The lowest BCUT2D eigenvalue weighted by atomic mass is 9.73. The number of rotatable bonds is 2. The Morgan fingerprint density at radius 2 is 2.10 bits per heavy atom. The third-order valence-corrected chi connectivity index (χ3v) is 5.25. The molecule has 1 fully saturated rings. The highest BCUT2D eigenvalue weighted by atomic mass is 16.5. The highest BCUT2D eigenvalue weighted by Gasteiger charge is 2.46. The van der Waals surface area contributed by atoms with E-state index in [-0.39, 0.29) is 11.5 Å². The monoisotopic (exact) mass is 275 g/mol. The lowest BCUT2D eigenvalue weighted by Crippen LogP contribution is -2.46. The fourth-order valence-corrected chi connectivity index (χ4v) is 3.77. The smallest absolute Gasteiger partial charge is 0.137 e. The Balaban J connectivity index is 1.81. The Bertz CT molecular complexity index is 492. The summed E-state index contributed by atoms with van der Waals surface area (Å²) in [5.41, 5.74) is 9.18. The van der Waals surface area contributed by atoms with Crippen LogP contribution in [0.2, 0.25) is 0 Å². The number of ether oxygens (including phenoxy) is 1. The minimum atomic E-state index is 0.106. The van der Waals surface area contributed by atoms with Crippen molar-refractivity contribution < 1.29 is 4.74 Å². The van der Waals surface area contributed by atoms with Crippen LogP contribution in [-0.4, -0.2) is 36.1 Å². The number of likely N-dealkylation sites (tertiary alicyclic amines) is 1. The van der Waals surface area contributed by atoms with Crippen LogP contribution in [0, 0.1) is 5.41 Å². The lowest BCUT2D eigenvalue weighted by Gasteiger charge is -2.43. The number of hydrogen-bond donors (Lipinski definition) is 1. The molecule has 3 rings (SSSR count). The minimum absolute atomic E-state index is 0.106. The zero-order chi connectivity index (χ0) is 14.3. The summed E-state index contributed by atoms with van der Waals surface area (Å²) in [5.74, 6) is 0.816. The van der Waals surface area contributed by atoms with Crippen molar-refractivity contribution in [2.45, 2.75) is 45.2 Å². The van der Waals surface area contributed by atoms with Crippen molar-refractivity contribution >= 4 is 0 Å². The summed E-state index contributed by atoms with van der Waals surface area (Å²) in [6, 6.07) is 2.82. The molecule has 1 aromatic rings. The average molecular weight is 275 g/mol. The molecule has 0 saturated carbocycles. The van der Waals surface area contributed by atoms with Crippen LogP contribution >= 0.6 is 0 Å². The van der Waals surface area contributed by atoms with Crippen molar-refractivity contribution in [2.24, 2.45) is 11.1 Å². The highest BCUT2D eigenvalue weighted by molar-refractivity contribution is 5.38. The van der Waals surface area contributed by atoms with Gasteiger partial charge < -0.3 is 15.4 Å². The normalized spacial score (nSPS) is 25.1. The van der Waals surface area contributed by atoms with Gasteiger partial charge in [-0.25, -0.2) is 0 Å². The van der Waals surface area contributed by atoms with Crippen molar-refractivity contribution in [3.05, 3.63) is 23.5 Å². The molecule has 2 N–H and O–H groups in total. The predicted molar refractivity (Wildman–Crippen MR) is 79.8 cm³/mol. The lowest BCUT2D eigenvalue weighted by molar-refractivity contribution is 0.0707. The number of methoxy groups -OCH3 is 1. The maximum atomic E-state index is 6.59. The highest BCUT2D eigenvalue weighted by Crippen LogP contribution is 2.50. The van der Waals surface area contributed by atoms with Gasteiger partial charge in [0.15, 0.2) is 0 Å². The molecule has 2 aliphatic rings. The molecule has 4 nitrogen and oxygen atoms in total. The van der Waals surface area contributed by atoms with Crippen molar-refractivity contribution in [1.29, 1.82) is 0 Å². The van der Waals surface area contributed by atoms with E-state index in [4.69, 9.17) is 10.5 Å². The van der Waals surface area contributed by atoms with Crippen molar-refractivity contribution in [3.8, 4) is 5.75 Å². The quantitative estimate of drug-likeness (QED) is 0.898. The SMILES string of the molecule is COc1cnc2c(c1)[C@@H](N)C1(CCN(C(C)C)CC1)C2. The van der Waals surface area contributed by atoms with Crippen LogP contribution in [0.3, 0.4) is 0 Å². The number of fused-ring (bicyclic) bond motifs is 1. The molecule has 1 aliphatic heterocycles. The van der Waals surface area contributed by atoms with E-state index in [1.54, 1.807) is 7.11 Å². The third kappa shape index (κ3) is 2.11. The van der Waals surface area contributed by atoms with Gasteiger partial charge >= 0.3 is 0 Å². The summed E-state index contributed by atoms with van der Waals surface area (Å²) in [7, 11) is 1.68. The molecule has 0 radical (unpaired) electrons. The summed E-state index contributed by atoms with van der Waals surface area (Å²) < 4.78 is 5.29. The molecular formula is C16H25N3O. The summed E-state index contributed by atoms with van der Waals surface area (Å²) in [4.78, 5) is 7.12. The number of hydrogen-bond acceptors (Lipinski definition) is 4. The van der Waals surface area contributed by atoms with Gasteiger partial charge in [0.25, 0.3) is 0 Å². The van der Waals surface area contributed by atoms with Crippen molar-refractivity contribution in [3.63, 3.8) is 0 Å². The summed E-state index contributed by atoms with van der Waals surface area (Å²) in [5, 5.41) is 0. The van der Waals surface area contributed by atoms with E-state index in [9.17, 15) is 0 Å². The summed E-state index contributed by atoms with van der Waals surface area (Å²) in [6.45, 7) is 6.84. The Morgan fingerprint density at radius 3 is 2.70 bits per heavy atom. The first-order chi connectivity index (χ1) is 9.55. The molecule has 0 aromatic carbocycles. The molecule has 1 atom stereocenters. The van der Waals surface area contributed by atoms with E-state index < -0.39 is 0 Å². The molecule has 1 aromatic heterocycles. The predicted octanol–water partition coefficient (Wildman–Crippen LogP) is 2.14. The molecule has 4 heteroatoms. The van der Waals surface area contributed by atoms with Gasteiger partial charge in [-0.1, -0.05) is 0 Å². The zero-order valence-electron chi connectivity index (χ0n) is 12.7. The fraction of sp³-hybridized carbons (Fsp3) is 0.688. The summed E-state index contributed by atoms with van der Waals surface area (Å²) >= 11 is 0. The number of pyridine rings is 1. The molecule has 0 unspecified atom stereocenters. The number of aromatic nitrogens is 1. The van der Waals surface area contributed by atoms with Gasteiger partial charge in [-0.3, -0.25) is 4.98 Å². The van der Waals surface area contributed by atoms with Gasteiger partial charge in [0.05, 0.1) is 13.3 Å². The Hall–Kier alpha value is -1.13. The first kappa shape index (κ1) is 13.8. The molecule has 1 spiro atoms. The van der Waals surface area contributed by atoms with E-state index in [2.05, 4.69) is 29.8 Å². The van der Waals surface area contributed by atoms with Crippen LogP contribution in [0.25, 0.3) is 0 Å².